The van der Waals surface area contributed by atoms with E-state index in [2.05, 4.69) is 5.32 Å². The van der Waals surface area contributed by atoms with Crippen LogP contribution in [0.3, 0.4) is 0 Å². The first-order valence-electron chi connectivity index (χ1n) is 8.76. The minimum atomic E-state index is -0.0619. The topological polar surface area (TPSA) is 60.0 Å². The lowest BCUT2D eigenvalue weighted by molar-refractivity contribution is -0.117. The lowest BCUT2D eigenvalue weighted by atomic mass is 10.2. The molecular weight excluding hydrogens is 332 g/mol. The van der Waals surface area contributed by atoms with Crippen LogP contribution in [0.2, 0.25) is 0 Å². The number of anilines is 1. The zero-order chi connectivity index (χ0) is 18.2. The monoisotopic (exact) mass is 356 g/mol. The lowest BCUT2D eigenvalue weighted by Gasteiger charge is -2.20. The molecule has 0 atom stereocenters. The van der Waals surface area contributed by atoms with Crippen molar-refractivity contribution in [2.75, 3.05) is 45.3 Å². The van der Waals surface area contributed by atoms with Crippen LogP contribution in [0.15, 0.2) is 48.5 Å². The maximum atomic E-state index is 12.2. The second-order valence-corrected chi connectivity index (χ2v) is 6.16. The zero-order valence-electron chi connectivity index (χ0n) is 14.9. The SMILES string of the molecule is CN(CCCOc1ccccc1)CC(=O)Nc1ccc2c(c1)OCCO2. The molecule has 0 fully saturated rings. The quantitative estimate of drug-likeness (QED) is 0.737. The molecule has 1 amide bonds. The number of nitrogens with one attached hydrogen (secondary N) is 1. The van der Waals surface area contributed by atoms with Gasteiger partial charge in [-0.1, -0.05) is 18.2 Å². The van der Waals surface area contributed by atoms with Gasteiger partial charge in [0.25, 0.3) is 0 Å². The third-order valence-corrected chi connectivity index (χ3v) is 3.94. The molecule has 2 aromatic rings. The average Bonchev–Trinajstić information content (AvgIpc) is 2.66. The van der Waals surface area contributed by atoms with E-state index < -0.39 is 0 Å². The van der Waals surface area contributed by atoms with E-state index in [0.29, 0.717) is 43.6 Å². The van der Waals surface area contributed by atoms with E-state index in [1.807, 2.05) is 54.4 Å². The lowest BCUT2D eigenvalue weighted by Crippen LogP contribution is -2.31. The fraction of sp³-hybridized carbons (Fsp3) is 0.350. The summed E-state index contributed by atoms with van der Waals surface area (Å²) < 4.78 is 16.7. The molecule has 1 aliphatic rings. The summed E-state index contributed by atoms with van der Waals surface area (Å²) in [5, 5.41) is 2.89. The van der Waals surface area contributed by atoms with Gasteiger partial charge in [0.15, 0.2) is 11.5 Å². The molecule has 0 spiro atoms. The minimum Gasteiger partial charge on any atom is -0.494 e. The molecule has 0 saturated carbocycles. The fourth-order valence-electron chi connectivity index (χ4n) is 2.69. The van der Waals surface area contributed by atoms with Gasteiger partial charge in [0, 0.05) is 18.3 Å². The van der Waals surface area contributed by atoms with Crippen molar-refractivity contribution in [3.8, 4) is 17.2 Å². The molecule has 2 aromatic carbocycles. The molecule has 26 heavy (non-hydrogen) atoms. The number of fused-ring (bicyclic) bond motifs is 1. The van der Waals surface area contributed by atoms with E-state index in [1.165, 1.54) is 0 Å². The van der Waals surface area contributed by atoms with Crippen molar-refractivity contribution >= 4 is 11.6 Å². The number of hydrogen-bond acceptors (Lipinski definition) is 5. The highest BCUT2D eigenvalue weighted by molar-refractivity contribution is 5.92. The van der Waals surface area contributed by atoms with Crippen molar-refractivity contribution in [2.24, 2.45) is 0 Å². The van der Waals surface area contributed by atoms with Gasteiger partial charge in [-0.3, -0.25) is 9.69 Å². The average molecular weight is 356 g/mol. The van der Waals surface area contributed by atoms with Gasteiger partial charge in [0.2, 0.25) is 5.91 Å². The molecule has 1 N–H and O–H groups in total. The van der Waals surface area contributed by atoms with Gasteiger partial charge in [0.1, 0.15) is 19.0 Å². The molecule has 138 valence electrons. The van der Waals surface area contributed by atoms with Crippen LogP contribution in [0.25, 0.3) is 0 Å². The molecule has 1 heterocycles. The van der Waals surface area contributed by atoms with Crippen molar-refractivity contribution in [3.63, 3.8) is 0 Å². The predicted molar refractivity (Wildman–Crippen MR) is 100 cm³/mol. The summed E-state index contributed by atoms with van der Waals surface area (Å²) in [5.74, 6) is 2.19. The molecule has 0 radical (unpaired) electrons. The Labute approximate surface area is 153 Å². The van der Waals surface area contributed by atoms with Gasteiger partial charge >= 0.3 is 0 Å². The Morgan fingerprint density at radius 3 is 2.69 bits per heavy atom. The van der Waals surface area contributed by atoms with Crippen LogP contribution in [0.5, 0.6) is 17.2 Å². The highest BCUT2D eigenvalue weighted by atomic mass is 16.6. The Bertz CT molecular complexity index is 721. The summed E-state index contributed by atoms with van der Waals surface area (Å²) in [6.45, 7) is 2.80. The summed E-state index contributed by atoms with van der Waals surface area (Å²) in [7, 11) is 1.92. The van der Waals surface area contributed by atoms with Crippen LogP contribution >= 0.6 is 0 Å². The largest absolute Gasteiger partial charge is 0.494 e. The van der Waals surface area contributed by atoms with Gasteiger partial charge in [-0.15, -0.1) is 0 Å². The van der Waals surface area contributed by atoms with Gasteiger partial charge in [0.05, 0.1) is 13.2 Å². The Balaban J connectivity index is 1.37. The van der Waals surface area contributed by atoms with E-state index in [0.717, 1.165) is 18.7 Å². The molecule has 0 saturated heterocycles. The first-order chi connectivity index (χ1) is 12.7. The Hall–Kier alpha value is -2.73. The summed E-state index contributed by atoms with van der Waals surface area (Å²) >= 11 is 0. The van der Waals surface area contributed by atoms with E-state index in [-0.39, 0.29) is 5.91 Å². The fourth-order valence-corrected chi connectivity index (χ4v) is 2.69. The Morgan fingerprint density at radius 1 is 1.12 bits per heavy atom. The summed E-state index contributed by atoms with van der Waals surface area (Å²) in [6, 6.07) is 15.2. The number of benzene rings is 2. The second kappa shape index (κ2) is 9.10. The number of amides is 1. The smallest absolute Gasteiger partial charge is 0.238 e. The van der Waals surface area contributed by atoms with E-state index in [4.69, 9.17) is 14.2 Å². The van der Waals surface area contributed by atoms with E-state index in [1.54, 1.807) is 6.07 Å². The van der Waals surface area contributed by atoms with Crippen molar-refractivity contribution in [3.05, 3.63) is 48.5 Å². The summed E-state index contributed by atoms with van der Waals surface area (Å²) in [5.41, 5.74) is 0.708. The highest BCUT2D eigenvalue weighted by Crippen LogP contribution is 2.32. The molecule has 3 rings (SSSR count). The predicted octanol–water partition coefficient (Wildman–Crippen LogP) is 2.80. The first kappa shape index (κ1) is 18.1. The molecule has 1 aliphatic heterocycles. The van der Waals surface area contributed by atoms with Crippen LogP contribution < -0.4 is 19.5 Å². The number of hydrogen-bond donors (Lipinski definition) is 1. The maximum Gasteiger partial charge on any atom is 0.238 e. The number of carbonyl (C=O) groups is 1. The van der Waals surface area contributed by atoms with Crippen molar-refractivity contribution in [1.82, 2.24) is 4.90 Å². The van der Waals surface area contributed by atoms with E-state index >= 15 is 0 Å². The highest BCUT2D eigenvalue weighted by Gasteiger charge is 2.13. The van der Waals surface area contributed by atoms with Gasteiger partial charge in [-0.2, -0.15) is 0 Å². The summed E-state index contributed by atoms with van der Waals surface area (Å²) in [4.78, 5) is 14.2. The standard InChI is InChI=1S/C20H24N2O4/c1-22(10-5-11-24-17-6-3-2-4-7-17)15-20(23)21-16-8-9-18-19(14-16)26-13-12-25-18/h2-4,6-9,14H,5,10-13,15H2,1H3,(H,21,23). The van der Waals surface area contributed by atoms with Crippen LogP contribution in [0.4, 0.5) is 5.69 Å². The Kier molecular flexibility index (Phi) is 6.33. The second-order valence-electron chi connectivity index (χ2n) is 6.16. The first-order valence-corrected chi connectivity index (χ1v) is 8.76. The summed E-state index contributed by atoms with van der Waals surface area (Å²) in [6.07, 6.45) is 0.850. The van der Waals surface area contributed by atoms with Gasteiger partial charge < -0.3 is 19.5 Å². The zero-order valence-corrected chi connectivity index (χ0v) is 14.9. The molecule has 0 aromatic heterocycles. The number of rotatable bonds is 8. The van der Waals surface area contributed by atoms with Gasteiger partial charge in [-0.05, 0) is 37.7 Å². The van der Waals surface area contributed by atoms with Crippen LogP contribution in [0.1, 0.15) is 6.42 Å². The van der Waals surface area contributed by atoms with Crippen LogP contribution in [-0.4, -0.2) is 50.8 Å². The number of carbonyl (C=O) groups excluding carboxylic acids is 1. The number of ether oxygens (including phenoxy) is 3. The Morgan fingerprint density at radius 2 is 1.88 bits per heavy atom. The van der Waals surface area contributed by atoms with E-state index in [9.17, 15) is 4.79 Å². The molecule has 0 unspecified atom stereocenters. The van der Waals surface area contributed by atoms with Crippen molar-refractivity contribution < 1.29 is 19.0 Å². The van der Waals surface area contributed by atoms with Gasteiger partial charge in [-0.25, -0.2) is 0 Å². The minimum absolute atomic E-state index is 0.0619. The number of likely N-dealkylation sites (N-methyl/N-ethyl adjacent to an activating group) is 1. The molecular formula is C20H24N2O4. The van der Waals surface area contributed by atoms with Crippen molar-refractivity contribution in [1.29, 1.82) is 0 Å². The number of nitrogens with zero attached hydrogens (tertiary/aromatic N) is 1. The molecule has 0 bridgehead atoms. The maximum absolute atomic E-state index is 12.2. The van der Waals surface area contributed by atoms with Crippen LogP contribution in [-0.2, 0) is 4.79 Å². The third-order valence-electron chi connectivity index (χ3n) is 3.94. The number of para-hydroxylation sites is 1. The van der Waals surface area contributed by atoms with Crippen molar-refractivity contribution in [2.45, 2.75) is 6.42 Å². The van der Waals surface area contributed by atoms with Crippen LogP contribution in [0, 0.1) is 0 Å². The third kappa shape index (κ3) is 5.39. The molecule has 0 aliphatic carbocycles. The molecule has 6 nitrogen and oxygen atoms in total. The molecule has 6 heteroatoms. The normalized spacial score (nSPS) is 12.7.